The Labute approximate surface area is 115 Å². The first-order valence-corrected chi connectivity index (χ1v) is 7.84. The minimum absolute atomic E-state index is 0.270. The van der Waals surface area contributed by atoms with E-state index in [-0.39, 0.29) is 10.8 Å². The molecule has 110 valence electrons. The van der Waals surface area contributed by atoms with Crippen LogP contribution in [-0.4, -0.2) is 61.5 Å². The van der Waals surface area contributed by atoms with Crippen LogP contribution in [-0.2, 0) is 10.0 Å². The lowest BCUT2D eigenvalue weighted by Gasteiger charge is -2.25. The molecule has 0 saturated carbocycles. The number of aromatic amines is 1. The number of H-pyrrole nitrogens is 1. The van der Waals surface area contributed by atoms with Crippen LogP contribution >= 0.6 is 0 Å². The summed E-state index contributed by atoms with van der Waals surface area (Å²) in [6.07, 6.45) is 1.38. The van der Waals surface area contributed by atoms with Crippen molar-refractivity contribution in [3.05, 3.63) is 11.9 Å². The summed E-state index contributed by atoms with van der Waals surface area (Å²) in [5, 5.41) is 6.49. The van der Waals surface area contributed by atoms with E-state index in [1.165, 1.54) is 10.5 Å². The minimum atomic E-state index is -3.47. The molecule has 0 bridgehead atoms. The zero-order valence-corrected chi connectivity index (χ0v) is 13.2. The molecular formula is C12H24N4O2S. The molecule has 0 radical (unpaired) electrons. The maximum Gasteiger partial charge on any atom is 0.246 e. The van der Waals surface area contributed by atoms with Crippen LogP contribution in [0, 0.1) is 12.8 Å². The normalized spacial score (nSPS) is 12.8. The fourth-order valence-corrected chi connectivity index (χ4v) is 3.48. The average Bonchev–Trinajstić information content (AvgIpc) is 2.70. The van der Waals surface area contributed by atoms with Gasteiger partial charge in [-0.3, -0.25) is 5.10 Å². The predicted molar refractivity (Wildman–Crippen MR) is 75.5 cm³/mol. The number of aromatic nitrogens is 2. The van der Waals surface area contributed by atoms with Gasteiger partial charge >= 0.3 is 0 Å². The van der Waals surface area contributed by atoms with Gasteiger partial charge in [0.1, 0.15) is 4.90 Å². The molecule has 1 aromatic rings. The highest BCUT2D eigenvalue weighted by atomic mass is 32.2. The second-order valence-electron chi connectivity index (χ2n) is 5.42. The van der Waals surface area contributed by atoms with Crippen LogP contribution in [0.2, 0.25) is 0 Å². The highest BCUT2D eigenvalue weighted by Gasteiger charge is 2.27. The van der Waals surface area contributed by atoms with Gasteiger partial charge < -0.3 is 4.90 Å². The van der Waals surface area contributed by atoms with Gasteiger partial charge in [-0.2, -0.15) is 9.40 Å². The fourth-order valence-electron chi connectivity index (χ4n) is 1.77. The number of nitrogens with one attached hydrogen (secondary N) is 1. The predicted octanol–water partition coefficient (Wildman–Crippen LogP) is 0.926. The monoisotopic (exact) mass is 288 g/mol. The Morgan fingerprint density at radius 3 is 2.37 bits per heavy atom. The van der Waals surface area contributed by atoms with Gasteiger partial charge in [-0.05, 0) is 26.9 Å². The molecule has 19 heavy (non-hydrogen) atoms. The van der Waals surface area contributed by atoms with Gasteiger partial charge in [0, 0.05) is 19.6 Å². The number of hydrogen-bond donors (Lipinski definition) is 1. The number of aryl methyl sites for hydroxylation is 1. The van der Waals surface area contributed by atoms with Crippen molar-refractivity contribution in [1.29, 1.82) is 0 Å². The summed E-state index contributed by atoms with van der Waals surface area (Å²) in [6, 6.07) is 0. The summed E-state index contributed by atoms with van der Waals surface area (Å²) in [4.78, 5) is 2.25. The van der Waals surface area contributed by atoms with E-state index in [0.29, 0.717) is 25.3 Å². The van der Waals surface area contributed by atoms with E-state index in [9.17, 15) is 8.42 Å². The molecule has 1 N–H and O–H groups in total. The third-order valence-corrected chi connectivity index (χ3v) is 4.75. The van der Waals surface area contributed by atoms with Crippen molar-refractivity contribution >= 4 is 10.0 Å². The lowest BCUT2D eigenvalue weighted by Crippen LogP contribution is -2.39. The first-order chi connectivity index (χ1) is 8.75. The Balaban J connectivity index is 2.99. The van der Waals surface area contributed by atoms with Crippen molar-refractivity contribution in [3.63, 3.8) is 0 Å². The molecule has 0 unspecified atom stereocenters. The molecule has 0 fully saturated rings. The number of hydrogen-bond acceptors (Lipinski definition) is 4. The number of likely N-dealkylation sites (N-methyl/N-ethyl adjacent to an activating group) is 1. The number of nitrogens with zero attached hydrogens (tertiary/aromatic N) is 3. The summed E-state index contributed by atoms with van der Waals surface area (Å²) < 4.78 is 26.8. The molecule has 1 heterocycles. The van der Waals surface area contributed by atoms with Crippen molar-refractivity contribution in [2.45, 2.75) is 25.7 Å². The van der Waals surface area contributed by atoms with Crippen molar-refractivity contribution in [2.75, 3.05) is 33.7 Å². The lowest BCUT2D eigenvalue weighted by atomic mass is 10.2. The van der Waals surface area contributed by atoms with E-state index in [2.05, 4.69) is 10.2 Å². The van der Waals surface area contributed by atoms with Gasteiger partial charge in [-0.25, -0.2) is 8.42 Å². The van der Waals surface area contributed by atoms with Gasteiger partial charge in [0.25, 0.3) is 0 Å². The topological polar surface area (TPSA) is 69.3 Å². The van der Waals surface area contributed by atoms with Gasteiger partial charge in [0.2, 0.25) is 10.0 Å². The molecule has 1 rings (SSSR count). The third kappa shape index (κ3) is 4.29. The van der Waals surface area contributed by atoms with Crippen LogP contribution in [0.5, 0.6) is 0 Å². The Morgan fingerprint density at radius 2 is 1.95 bits per heavy atom. The largest absolute Gasteiger partial charge is 0.308 e. The minimum Gasteiger partial charge on any atom is -0.308 e. The van der Waals surface area contributed by atoms with Gasteiger partial charge in [-0.15, -0.1) is 0 Å². The van der Waals surface area contributed by atoms with Crippen LogP contribution in [0.25, 0.3) is 0 Å². The molecule has 6 nitrogen and oxygen atoms in total. The molecule has 0 atom stereocenters. The van der Waals surface area contributed by atoms with E-state index in [4.69, 9.17) is 0 Å². The first kappa shape index (κ1) is 16.1. The lowest BCUT2D eigenvalue weighted by molar-refractivity contribution is 0.312. The molecule has 0 aliphatic rings. The Kier molecular flexibility index (Phi) is 5.51. The number of rotatable bonds is 7. The molecule has 0 amide bonds. The van der Waals surface area contributed by atoms with Crippen molar-refractivity contribution < 1.29 is 8.42 Å². The summed E-state index contributed by atoms with van der Waals surface area (Å²) in [6.45, 7) is 7.45. The second-order valence-corrected chi connectivity index (χ2v) is 7.33. The highest BCUT2D eigenvalue weighted by molar-refractivity contribution is 7.89. The summed E-state index contributed by atoms with van der Waals surface area (Å²) in [5.74, 6) is 0.282. The summed E-state index contributed by atoms with van der Waals surface area (Å²) in [7, 11) is 0.401. The average molecular weight is 288 g/mol. The standard InChI is InChI=1S/C12H24N4O2S/c1-10(2)9-16(7-6-15(4)5)19(17,18)12-8-13-14-11(12)3/h8,10H,6-7,9H2,1-5H3,(H,13,14). The maximum absolute atomic E-state index is 12.6. The van der Waals surface area contributed by atoms with E-state index < -0.39 is 10.0 Å². The molecule has 1 aromatic heterocycles. The van der Waals surface area contributed by atoms with Crippen LogP contribution in [0.4, 0.5) is 0 Å². The molecule has 0 aromatic carbocycles. The van der Waals surface area contributed by atoms with Crippen molar-refractivity contribution in [1.82, 2.24) is 19.4 Å². The van der Waals surface area contributed by atoms with Crippen LogP contribution < -0.4 is 0 Å². The van der Waals surface area contributed by atoms with E-state index in [0.717, 1.165) is 0 Å². The molecule has 0 spiro atoms. The van der Waals surface area contributed by atoms with E-state index in [1.54, 1.807) is 6.92 Å². The third-order valence-electron chi connectivity index (χ3n) is 2.77. The molecule has 7 heteroatoms. The summed E-state index contributed by atoms with van der Waals surface area (Å²) in [5.41, 5.74) is 0.582. The molecular weight excluding hydrogens is 264 g/mol. The zero-order valence-electron chi connectivity index (χ0n) is 12.3. The van der Waals surface area contributed by atoms with E-state index in [1.807, 2.05) is 32.8 Å². The van der Waals surface area contributed by atoms with Gasteiger partial charge in [-0.1, -0.05) is 13.8 Å². The van der Waals surface area contributed by atoms with Crippen LogP contribution in [0.3, 0.4) is 0 Å². The van der Waals surface area contributed by atoms with E-state index >= 15 is 0 Å². The van der Waals surface area contributed by atoms with Gasteiger partial charge in [0.15, 0.2) is 0 Å². The Hall–Kier alpha value is -0.920. The Bertz CT molecular complexity index is 494. The van der Waals surface area contributed by atoms with Crippen molar-refractivity contribution in [2.24, 2.45) is 5.92 Å². The molecule has 0 saturated heterocycles. The van der Waals surface area contributed by atoms with Crippen LogP contribution in [0.1, 0.15) is 19.5 Å². The Morgan fingerprint density at radius 1 is 1.32 bits per heavy atom. The first-order valence-electron chi connectivity index (χ1n) is 6.40. The smallest absolute Gasteiger partial charge is 0.246 e. The van der Waals surface area contributed by atoms with Gasteiger partial charge in [0.05, 0.1) is 11.9 Å². The SMILES string of the molecule is Cc1[nH]ncc1S(=O)(=O)N(CCN(C)C)CC(C)C. The highest BCUT2D eigenvalue weighted by Crippen LogP contribution is 2.18. The van der Waals surface area contributed by atoms with Crippen molar-refractivity contribution in [3.8, 4) is 0 Å². The summed E-state index contributed by atoms with van der Waals surface area (Å²) >= 11 is 0. The maximum atomic E-state index is 12.6. The second kappa shape index (κ2) is 6.49. The quantitative estimate of drug-likeness (QED) is 0.810. The molecule has 0 aliphatic heterocycles. The number of sulfonamides is 1. The van der Waals surface area contributed by atoms with Crippen LogP contribution in [0.15, 0.2) is 11.1 Å². The fraction of sp³-hybridized carbons (Fsp3) is 0.750. The zero-order chi connectivity index (χ0) is 14.6. The molecule has 0 aliphatic carbocycles.